The number of rotatable bonds is 6. The highest BCUT2D eigenvalue weighted by atomic mass is 35.5. The van der Waals surface area contributed by atoms with Crippen molar-refractivity contribution in [2.75, 3.05) is 13.7 Å². The summed E-state index contributed by atoms with van der Waals surface area (Å²) in [5.41, 5.74) is 0.922. The third-order valence-corrected chi connectivity index (χ3v) is 3.48. The van der Waals surface area contributed by atoms with E-state index >= 15 is 0 Å². The van der Waals surface area contributed by atoms with E-state index in [2.05, 4.69) is 5.32 Å². The van der Waals surface area contributed by atoms with Crippen molar-refractivity contribution in [2.45, 2.75) is 6.42 Å². The van der Waals surface area contributed by atoms with Crippen molar-refractivity contribution in [2.24, 2.45) is 0 Å². The highest BCUT2D eigenvalue weighted by molar-refractivity contribution is 6.30. The summed E-state index contributed by atoms with van der Waals surface area (Å²) in [5, 5.41) is 2.71. The number of amides is 2. The summed E-state index contributed by atoms with van der Waals surface area (Å²) in [4.78, 5) is 35.5. The highest BCUT2D eigenvalue weighted by Crippen LogP contribution is 2.16. The van der Waals surface area contributed by atoms with Crippen molar-refractivity contribution in [1.29, 1.82) is 0 Å². The number of carbonyl (C=O) groups is 3. The molecule has 25 heavy (non-hydrogen) atoms. The van der Waals surface area contributed by atoms with Crippen molar-refractivity contribution in [1.82, 2.24) is 5.32 Å². The number of hydrogen-bond donors (Lipinski definition) is 1. The minimum Gasteiger partial charge on any atom is -0.496 e. The van der Waals surface area contributed by atoms with Gasteiger partial charge in [0, 0.05) is 5.02 Å². The van der Waals surface area contributed by atoms with Crippen LogP contribution >= 0.6 is 11.6 Å². The first-order chi connectivity index (χ1) is 12.0. The summed E-state index contributed by atoms with van der Waals surface area (Å²) in [6.07, 6.45) is 0.00486. The summed E-state index contributed by atoms with van der Waals surface area (Å²) >= 11 is 5.76. The smallest absolute Gasteiger partial charge is 0.310 e. The lowest BCUT2D eigenvalue weighted by molar-refractivity contribution is -0.147. The molecule has 0 saturated heterocycles. The quantitative estimate of drug-likeness (QED) is 0.799. The fourth-order valence-corrected chi connectivity index (χ4v) is 2.15. The molecule has 0 heterocycles. The molecule has 7 heteroatoms. The Morgan fingerprint density at radius 3 is 2.40 bits per heavy atom. The Kier molecular flexibility index (Phi) is 6.54. The Morgan fingerprint density at radius 2 is 1.72 bits per heavy atom. The van der Waals surface area contributed by atoms with Crippen molar-refractivity contribution in [3.63, 3.8) is 0 Å². The van der Waals surface area contributed by atoms with E-state index in [0.29, 0.717) is 16.3 Å². The largest absolute Gasteiger partial charge is 0.496 e. The number of hydrogen-bond acceptors (Lipinski definition) is 5. The van der Waals surface area contributed by atoms with Gasteiger partial charge in [-0.1, -0.05) is 35.9 Å². The van der Waals surface area contributed by atoms with Gasteiger partial charge in [-0.25, -0.2) is 0 Å². The van der Waals surface area contributed by atoms with Crippen molar-refractivity contribution < 1.29 is 23.9 Å². The van der Waals surface area contributed by atoms with E-state index in [1.54, 1.807) is 42.5 Å². The number of carbonyl (C=O) groups excluding carboxylic acids is 3. The molecule has 2 aromatic rings. The van der Waals surface area contributed by atoms with Crippen LogP contribution < -0.4 is 10.1 Å². The lowest BCUT2D eigenvalue weighted by Crippen LogP contribution is -2.34. The second-order valence-electron chi connectivity index (χ2n) is 5.04. The molecular formula is C18H16ClNO5. The van der Waals surface area contributed by atoms with Crippen LogP contribution in [-0.4, -0.2) is 31.5 Å². The average molecular weight is 362 g/mol. The molecule has 2 amide bonds. The highest BCUT2D eigenvalue weighted by Gasteiger charge is 2.16. The third-order valence-electron chi connectivity index (χ3n) is 3.23. The maximum atomic E-state index is 12.0. The lowest BCUT2D eigenvalue weighted by Gasteiger charge is -2.08. The van der Waals surface area contributed by atoms with E-state index in [4.69, 9.17) is 21.1 Å². The zero-order valence-electron chi connectivity index (χ0n) is 13.5. The number of methoxy groups -OCH3 is 1. The molecule has 0 fully saturated rings. The molecule has 0 aliphatic carbocycles. The van der Waals surface area contributed by atoms with Crippen LogP contribution in [0.3, 0.4) is 0 Å². The first-order valence-electron chi connectivity index (χ1n) is 7.37. The second-order valence-corrected chi connectivity index (χ2v) is 5.48. The monoisotopic (exact) mass is 361 g/mol. The van der Waals surface area contributed by atoms with E-state index in [9.17, 15) is 14.4 Å². The van der Waals surface area contributed by atoms with Crippen LogP contribution in [0.15, 0.2) is 48.5 Å². The summed E-state index contributed by atoms with van der Waals surface area (Å²) in [5.74, 6) is -1.59. The second kappa shape index (κ2) is 8.84. The maximum absolute atomic E-state index is 12.0. The molecule has 2 aromatic carbocycles. The van der Waals surface area contributed by atoms with Gasteiger partial charge in [0.2, 0.25) is 0 Å². The van der Waals surface area contributed by atoms with Gasteiger partial charge in [0.05, 0.1) is 19.1 Å². The van der Waals surface area contributed by atoms with E-state index in [-0.39, 0.29) is 12.0 Å². The Hall–Kier alpha value is -2.86. The summed E-state index contributed by atoms with van der Waals surface area (Å²) in [6.45, 7) is -0.548. The molecule has 0 spiro atoms. The van der Waals surface area contributed by atoms with Crippen LogP contribution in [0.5, 0.6) is 5.75 Å². The number of benzene rings is 2. The molecule has 6 nitrogen and oxygen atoms in total. The van der Waals surface area contributed by atoms with Crippen LogP contribution in [0.4, 0.5) is 0 Å². The first kappa shape index (κ1) is 18.5. The molecule has 0 saturated carbocycles. The van der Waals surface area contributed by atoms with Crippen LogP contribution in [-0.2, 0) is 20.7 Å². The Morgan fingerprint density at radius 1 is 1.04 bits per heavy atom. The Bertz CT molecular complexity index is 773. The van der Waals surface area contributed by atoms with Gasteiger partial charge in [0.15, 0.2) is 6.61 Å². The molecule has 0 bridgehead atoms. The first-order valence-corrected chi connectivity index (χ1v) is 7.74. The van der Waals surface area contributed by atoms with Gasteiger partial charge in [-0.3, -0.25) is 19.7 Å². The van der Waals surface area contributed by atoms with Gasteiger partial charge >= 0.3 is 5.97 Å². The van der Waals surface area contributed by atoms with Crippen molar-refractivity contribution in [3.8, 4) is 5.75 Å². The van der Waals surface area contributed by atoms with Crippen LogP contribution in [0.2, 0.25) is 5.02 Å². The maximum Gasteiger partial charge on any atom is 0.310 e. The van der Waals surface area contributed by atoms with E-state index < -0.39 is 24.4 Å². The molecule has 0 aromatic heterocycles. The predicted molar refractivity (Wildman–Crippen MR) is 91.6 cm³/mol. The fraction of sp³-hybridized carbons (Fsp3) is 0.167. The van der Waals surface area contributed by atoms with Crippen LogP contribution in [0.1, 0.15) is 15.9 Å². The minimum absolute atomic E-state index is 0.00486. The molecule has 0 unspecified atom stereocenters. The predicted octanol–water partition coefficient (Wildman–Crippen LogP) is 2.39. The van der Waals surface area contributed by atoms with Gasteiger partial charge in [-0.05, 0) is 29.8 Å². The molecule has 0 atom stereocenters. The molecule has 0 radical (unpaired) electrons. The number of esters is 1. The molecular weight excluding hydrogens is 346 g/mol. The van der Waals surface area contributed by atoms with Crippen LogP contribution in [0, 0.1) is 0 Å². The molecule has 130 valence electrons. The number of para-hydroxylation sites is 1. The molecule has 2 rings (SSSR count). The van der Waals surface area contributed by atoms with Crippen molar-refractivity contribution in [3.05, 3.63) is 64.7 Å². The van der Waals surface area contributed by atoms with E-state index in [0.717, 1.165) is 0 Å². The summed E-state index contributed by atoms with van der Waals surface area (Å²) < 4.78 is 9.92. The van der Waals surface area contributed by atoms with Gasteiger partial charge in [0.1, 0.15) is 5.75 Å². The molecule has 1 N–H and O–H groups in total. The van der Waals surface area contributed by atoms with E-state index in [1.165, 1.54) is 13.2 Å². The lowest BCUT2D eigenvalue weighted by atomic mass is 10.1. The molecule has 0 aliphatic heterocycles. The minimum atomic E-state index is -0.722. The van der Waals surface area contributed by atoms with Gasteiger partial charge in [-0.2, -0.15) is 0 Å². The summed E-state index contributed by atoms with van der Waals surface area (Å²) in [6, 6.07) is 13.2. The topological polar surface area (TPSA) is 81.7 Å². The van der Waals surface area contributed by atoms with Gasteiger partial charge in [0.25, 0.3) is 11.8 Å². The number of imide groups is 1. The number of ether oxygens (including phenoxy) is 2. The molecule has 0 aliphatic rings. The van der Waals surface area contributed by atoms with Gasteiger partial charge < -0.3 is 9.47 Å². The van der Waals surface area contributed by atoms with Gasteiger partial charge in [-0.15, -0.1) is 0 Å². The Labute approximate surface area is 149 Å². The average Bonchev–Trinajstić information content (AvgIpc) is 2.62. The fourth-order valence-electron chi connectivity index (χ4n) is 2.03. The zero-order valence-corrected chi connectivity index (χ0v) is 14.2. The SMILES string of the molecule is COc1ccccc1C(=O)NC(=O)COC(=O)Cc1ccc(Cl)cc1. The van der Waals surface area contributed by atoms with E-state index in [1.807, 2.05) is 0 Å². The van der Waals surface area contributed by atoms with Crippen molar-refractivity contribution >= 4 is 29.4 Å². The third kappa shape index (κ3) is 5.61. The summed E-state index contributed by atoms with van der Waals surface area (Å²) in [7, 11) is 1.42. The number of halogens is 1. The normalized spacial score (nSPS) is 10.0. The zero-order chi connectivity index (χ0) is 18.2. The standard InChI is InChI=1S/C18H16ClNO5/c1-24-15-5-3-2-4-14(15)18(23)20-16(21)11-25-17(22)10-12-6-8-13(19)9-7-12/h2-9H,10-11H2,1H3,(H,20,21,23). The number of nitrogens with one attached hydrogen (secondary N) is 1. The van der Waals surface area contributed by atoms with Crippen LogP contribution in [0.25, 0.3) is 0 Å². The Balaban J connectivity index is 1.82.